The number of nitrogens with zero attached hydrogens (tertiary/aromatic N) is 1. The van der Waals surface area contributed by atoms with E-state index in [0.29, 0.717) is 16.8 Å². The van der Waals surface area contributed by atoms with Gasteiger partial charge in [0.1, 0.15) is 6.04 Å². The maximum Gasteiger partial charge on any atom is 0.246 e. The van der Waals surface area contributed by atoms with Gasteiger partial charge in [0.15, 0.2) is 5.78 Å². The van der Waals surface area contributed by atoms with Crippen molar-refractivity contribution < 1.29 is 9.59 Å². The maximum atomic E-state index is 13.3. The molecule has 6 nitrogen and oxygen atoms in total. The third-order valence-electron chi connectivity index (χ3n) is 6.16. The largest absolute Gasteiger partial charge is 0.324 e. The van der Waals surface area contributed by atoms with Crippen LogP contribution in [0.25, 0.3) is 23.1 Å². The molecular weight excluding hydrogens is 460 g/mol. The molecule has 6 heteroatoms. The van der Waals surface area contributed by atoms with Crippen molar-refractivity contribution in [2.45, 2.75) is 6.04 Å². The van der Waals surface area contributed by atoms with Gasteiger partial charge in [-0.2, -0.15) is 5.10 Å². The van der Waals surface area contributed by atoms with Gasteiger partial charge < -0.3 is 10.6 Å². The third-order valence-corrected chi connectivity index (χ3v) is 6.16. The highest BCUT2D eigenvalue weighted by molar-refractivity contribution is 6.11. The Morgan fingerprint density at radius 1 is 0.811 bits per heavy atom. The average Bonchev–Trinajstić information content (AvgIpc) is 3.35. The molecule has 1 atom stereocenters. The summed E-state index contributed by atoms with van der Waals surface area (Å²) in [5, 5.41) is 14.3. The summed E-state index contributed by atoms with van der Waals surface area (Å²) >= 11 is 0. The smallest absolute Gasteiger partial charge is 0.246 e. The summed E-state index contributed by atoms with van der Waals surface area (Å²) in [5.41, 5.74) is 5.12. The summed E-state index contributed by atoms with van der Waals surface area (Å²) in [6.07, 6.45) is 3.96. The number of aromatic amines is 1. The standard InChI is InChI=1S/C31H26N4O2/c1-32-29(22-11-6-3-7-12-22)31(37)33-25-14-8-13-23(19-25)30(36)24-16-17-26-27(34-35-28(26)20-24)18-15-21-9-4-2-5-10-21/h2-20,29,32H,1H3,(H,33,37)(H,34,35). The second kappa shape index (κ2) is 10.8. The molecule has 0 fully saturated rings. The molecule has 0 aliphatic heterocycles. The van der Waals surface area contributed by atoms with Crippen LogP contribution in [-0.2, 0) is 4.79 Å². The van der Waals surface area contributed by atoms with Gasteiger partial charge in [-0.15, -0.1) is 0 Å². The van der Waals surface area contributed by atoms with Crippen LogP contribution < -0.4 is 10.6 Å². The van der Waals surface area contributed by atoms with Crippen molar-refractivity contribution in [2.75, 3.05) is 12.4 Å². The molecule has 0 saturated heterocycles. The first-order valence-corrected chi connectivity index (χ1v) is 12.0. The molecule has 1 amide bonds. The molecule has 4 aromatic carbocycles. The van der Waals surface area contributed by atoms with E-state index in [-0.39, 0.29) is 11.7 Å². The lowest BCUT2D eigenvalue weighted by molar-refractivity contribution is -0.118. The number of aromatic nitrogens is 2. The fourth-order valence-corrected chi connectivity index (χ4v) is 4.26. The van der Waals surface area contributed by atoms with E-state index < -0.39 is 6.04 Å². The van der Waals surface area contributed by atoms with E-state index in [1.807, 2.05) is 84.9 Å². The van der Waals surface area contributed by atoms with Gasteiger partial charge in [-0.3, -0.25) is 14.7 Å². The zero-order valence-corrected chi connectivity index (χ0v) is 20.3. The number of nitrogens with one attached hydrogen (secondary N) is 3. The number of benzene rings is 4. The Hall–Kier alpha value is -4.81. The summed E-state index contributed by atoms with van der Waals surface area (Å²) in [6, 6.07) is 31.5. The first kappa shape index (κ1) is 23.9. The van der Waals surface area contributed by atoms with Crippen LogP contribution in [0.15, 0.2) is 103 Å². The summed E-state index contributed by atoms with van der Waals surface area (Å²) in [6.45, 7) is 0. The zero-order valence-electron chi connectivity index (χ0n) is 20.3. The van der Waals surface area contributed by atoms with Crippen LogP contribution in [0.5, 0.6) is 0 Å². The Kier molecular flexibility index (Phi) is 7.01. The summed E-state index contributed by atoms with van der Waals surface area (Å²) in [5.74, 6) is -0.338. The molecule has 182 valence electrons. The van der Waals surface area contributed by atoms with Gasteiger partial charge in [-0.1, -0.05) is 84.9 Å². The highest BCUT2D eigenvalue weighted by Crippen LogP contribution is 2.23. The van der Waals surface area contributed by atoms with E-state index in [4.69, 9.17) is 0 Å². The summed E-state index contributed by atoms with van der Waals surface area (Å²) in [4.78, 5) is 26.2. The van der Waals surface area contributed by atoms with E-state index in [9.17, 15) is 9.59 Å². The molecule has 3 N–H and O–H groups in total. The number of rotatable bonds is 8. The van der Waals surface area contributed by atoms with Crippen LogP contribution in [-0.4, -0.2) is 28.9 Å². The SMILES string of the molecule is CNC(C(=O)Nc1cccc(C(=O)c2ccc3c(C=Cc4ccccc4)n[nH]c3c2)c1)c1ccccc1. The number of amides is 1. The topological polar surface area (TPSA) is 86.9 Å². The van der Waals surface area contributed by atoms with Gasteiger partial charge >= 0.3 is 0 Å². The predicted molar refractivity (Wildman–Crippen MR) is 148 cm³/mol. The lowest BCUT2D eigenvalue weighted by Gasteiger charge is -2.16. The predicted octanol–water partition coefficient (Wildman–Crippen LogP) is 5.86. The van der Waals surface area contributed by atoms with Gasteiger partial charge in [-0.05, 0) is 48.5 Å². The van der Waals surface area contributed by atoms with Crippen LogP contribution in [0, 0.1) is 0 Å². The minimum atomic E-state index is -0.506. The van der Waals surface area contributed by atoms with Gasteiger partial charge in [0.2, 0.25) is 5.91 Å². The van der Waals surface area contributed by atoms with Gasteiger partial charge in [-0.25, -0.2) is 0 Å². The molecule has 1 aromatic heterocycles. The monoisotopic (exact) mass is 486 g/mol. The van der Waals surface area contributed by atoms with Crippen molar-refractivity contribution in [3.63, 3.8) is 0 Å². The highest BCUT2D eigenvalue weighted by atomic mass is 16.2. The van der Waals surface area contributed by atoms with E-state index in [0.717, 1.165) is 27.7 Å². The minimum Gasteiger partial charge on any atom is -0.324 e. The first-order chi connectivity index (χ1) is 18.1. The Morgan fingerprint density at radius 2 is 1.54 bits per heavy atom. The van der Waals surface area contributed by atoms with E-state index in [2.05, 4.69) is 20.8 Å². The fourth-order valence-electron chi connectivity index (χ4n) is 4.26. The molecule has 0 spiro atoms. The zero-order chi connectivity index (χ0) is 25.6. The quantitative estimate of drug-likeness (QED) is 0.240. The second-order valence-corrected chi connectivity index (χ2v) is 8.64. The van der Waals surface area contributed by atoms with Crippen LogP contribution in [0.1, 0.15) is 38.8 Å². The van der Waals surface area contributed by atoms with Gasteiger partial charge in [0.05, 0.1) is 11.2 Å². The molecule has 5 rings (SSSR count). The number of hydrogen-bond donors (Lipinski definition) is 3. The van der Waals surface area contributed by atoms with Crippen molar-refractivity contribution in [2.24, 2.45) is 0 Å². The molecule has 1 heterocycles. The Morgan fingerprint density at radius 3 is 2.30 bits per heavy atom. The number of carbonyl (C=O) groups excluding carboxylic acids is 2. The molecule has 0 aliphatic rings. The second-order valence-electron chi connectivity index (χ2n) is 8.64. The summed E-state index contributed by atoms with van der Waals surface area (Å²) in [7, 11) is 1.74. The first-order valence-electron chi connectivity index (χ1n) is 12.0. The number of hydrogen-bond acceptors (Lipinski definition) is 4. The molecule has 0 aliphatic carbocycles. The lowest BCUT2D eigenvalue weighted by atomic mass is 10.0. The Bertz CT molecular complexity index is 1570. The van der Waals surface area contributed by atoms with Crippen LogP contribution in [0.3, 0.4) is 0 Å². The van der Waals surface area contributed by atoms with E-state index >= 15 is 0 Å². The van der Waals surface area contributed by atoms with Gasteiger partial charge in [0.25, 0.3) is 0 Å². The number of ketones is 1. The number of H-pyrrole nitrogens is 1. The van der Waals surface area contributed by atoms with Crippen molar-refractivity contribution in [1.29, 1.82) is 0 Å². The Balaban J connectivity index is 1.33. The Labute approximate surface area is 215 Å². The average molecular weight is 487 g/mol. The number of anilines is 1. The van der Waals surface area contributed by atoms with Crippen molar-refractivity contribution >= 4 is 40.4 Å². The van der Waals surface area contributed by atoms with E-state index in [1.165, 1.54) is 0 Å². The fraction of sp³-hybridized carbons (Fsp3) is 0.0645. The van der Waals surface area contributed by atoms with Crippen molar-refractivity contribution in [1.82, 2.24) is 15.5 Å². The lowest BCUT2D eigenvalue weighted by Crippen LogP contribution is -2.30. The normalized spacial score (nSPS) is 12.0. The molecule has 0 saturated carbocycles. The van der Waals surface area contributed by atoms with Crippen LogP contribution in [0.4, 0.5) is 5.69 Å². The molecule has 5 aromatic rings. The third kappa shape index (κ3) is 5.39. The number of fused-ring (bicyclic) bond motifs is 1. The summed E-state index contributed by atoms with van der Waals surface area (Å²) < 4.78 is 0. The molecule has 37 heavy (non-hydrogen) atoms. The highest BCUT2D eigenvalue weighted by Gasteiger charge is 2.19. The van der Waals surface area contributed by atoms with Crippen LogP contribution >= 0.6 is 0 Å². The molecule has 0 radical (unpaired) electrons. The molecular formula is C31H26N4O2. The maximum absolute atomic E-state index is 13.3. The number of carbonyl (C=O) groups is 2. The van der Waals surface area contributed by atoms with E-state index in [1.54, 1.807) is 37.4 Å². The van der Waals surface area contributed by atoms with Crippen molar-refractivity contribution in [3.8, 4) is 0 Å². The number of likely N-dealkylation sites (N-methyl/N-ethyl adjacent to an activating group) is 1. The van der Waals surface area contributed by atoms with Crippen LogP contribution in [0.2, 0.25) is 0 Å². The van der Waals surface area contributed by atoms with Crippen molar-refractivity contribution in [3.05, 3.63) is 131 Å². The van der Waals surface area contributed by atoms with Gasteiger partial charge in [0, 0.05) is 22.2 Å². The molecule has 1 unspecified atom stereocenters. The molecule has 0 bridgehead atoms. The minimum absolute atomic E-state index is 0.137.